The van der Waals surface area contributed by atoms with Gasteiger partial charge in [-0.05, 0) is 42.9 Å². The van der Waals surface area contributed by atoms with Gasteiger partial charge in [-0.2, -0.15) is 0 Å². The van der Waals surface area contributed by atoms with E-state index in [1.807, 2.05) is 18.2 Å². The van der Waals surface area contributed by atoms with E-state index in [-0.39, 0.29) is 0 Å². The van der Waals surface area contributed by atoms with Crippen LogP contribution in [0, 0.1) is 5.92 Å². The quantitative estimate of drug-likeness (QED) is 0.821. The van der Waals surface area contributed by atoms with Crippen molar-refractivity contribution in [3.05, 3.63) is 36.2 Å². The highest BCUT2D eigenvalue weighted by molar-refractivity contribution is 5.49. The van der Waals surface area contributed by atoms with Gasteiger partial charge in [0.2, 0.25) is 0 Å². The van der Waals surface area contributed by atoms with Crippen LogP contribution in [0.15, 0.2) is 30.6 Å². The Balaban J connectivity index is 1.56. The maximum atomic E-state index is 5.36. The molecule has 0 atom stereocenters. The van der Waals surface area contributed by atoms with Gasteiger partial charge in [0.05, 0.1) is 14.2 Å². The summed E-state index contributed by atoms with van der Waals surface area (Å²) in [6.45, 7) is 5.26. The maximum Gasteiger partial charge on any atom is 0.160 e. The van der Waals surface area contributed by atoms with Crippen LogP contribution in [0.5, 0.6) is 11.5 Å². The van der Waals surface area contributed by atoms with Gasteiger partial charge < -0.3 is 19.7 Å². The van der Waals surface area contributed by atoms with E-state index in [2.05, 4.69) is 33.2 Å². The van der Waals surface area contributed by atoms with Crippen LogP contribution in [0.1, 0.15) is 25.3 Å². The van der Waals surface area contributed by atoms with E-state index < -0.39 is 0 Å². The lowest BCUT2D eigenvalue weighted by Gasteiger charge is -2.31. The first-order chi connectivity index (χ1) is 12.7. The molecule has 2 heterocycles. The molecule has 1 aliphatic heterocycles. The van der Waals surface area contributed by atoms with E-state index >= 15 is 0 Å². The van der Waals surface area contributed by atoms with Gasteiger partial charge in [-0.25, -0.2) is 9.97 Å². The summed E-state index contributed by atoms with van der Waals surface area (Å²) in [5.74, 6) is 4.20. The normalized spacial score (nSPS) is 15.0. The largest absolute Gasteiger partial charge is 0.493 e. The lowest BCUT2D eigenvalue weighted by atomic mass is 9.99. The minimum atomic E-state index is 0.750. The van der Waals surface area contributed by atoms with Crippen LogP contribution in [0.2, 0.25) is 0 Å². The number of benzene rings is 1. The van der Waals surface area contributed by atoms with Crippen LogP contribution in [0.3, 0.4) is 0 Å². The van der Waals surface area contributed by atoms with Crippen molar-refractivity contribution >= 4 is 11.6 Å². The molecule has 1 N–H and O–H groups in total. The highest BCUT2D eigenvalue weighted by atomic mass is 16.5. The van der Waals surface area contributed by atoms with Crippen molar-refractivity contribution < 1.29 is 9.47 Å². The Morgan fingerprint density at radius 3 is 2.58 bits per heavy atom. The van der Waals surface area contributed by atoms with Gasteiger partial charge >= 0.3 is 0 Å². The number of methoxy groups -OCH3 is 2. The zero-order valence-corrected chi connectivity index (χ0v) is 15.9. The molecule has 0 aliphatic carbocycles. The molecule has 0 saturated carbocycles. The molecule has 26 heavy (non-hydrogen) atoms. The van der Waals surface area contributed by atoms with Crippen molar-refractivity contribution in [3.63, 3.8) is 0 Å². The van der Waals surface area contributed by atoms with Gasteiger partial charge in [-0.1, -0.05) is 13.0 Å². The van der Waals surface area contributed by atoms with Gasteiger partial charge in [0.25, 0.3) is 0 Å². The zero-order valence-electron chi connectivity index (χ0n) is 15.9. The second-order valence-corrected chi connectivity index (χ2v) is 6.80. The smallest absolute Gasteiger partial charge is 0.160 e. The van der Waals surface area contributed by atoms with Crippen LogP contribution in [-0.4, -0.2) is 43.8 Å². The Hall–Kier alpha value is -2.50. The fraction of sp³-hybridized carbons (Fsp3) is 0.500. The second kappa shape index (κ2) is 8.74. The highest BCUT2D eigenvalue weighted by Crippen LogP contribution is 2.27. The number of nitrogens with one attached hydrogen (secondary N) is 1. The first-order valence-electron chi connectivity index (χ1n) is 9.21. The van der Waals surface area contributed by atoms with Crippen LogP contribution in [0.4, 0.5) is 11.6 Å². The molecule has 1 fully saturated rings. The molecule has 3 rings (SSSR count). The van der Waals surface area contributed by atoms with E-state index in [9.17, 15) is 0 Å². The first kappa shape index (κ1) is 18.3. The molecule has 0 spiro atoms. The molecular weight excluding hydrogens is 328 g/mol. The van der Waals surface area contributed by atoms with Crippen LogP contribution >= 0.6 is 0 Å². The molecule has 6 heteroatoms. The third-order valence-electron chi connectivity index (χ3n) is 4.93. The standard InChI is InChI=1S/C20H28N4O2/c1-15-7-10-24(11-8-15)20-13-19(22-14-23-20)21-9-6-16-4-5-17(25-2)18(12-16)26-3/h4-5,12-15H,6-11H2,1-3H3,(H,21,22,23). The Morgan fingerprint density at radius 2 is 1.85 bits per heavy atom. The molecule has 0 radical (unpaired) electrons. The molecule has 1 aliphatic rings. The van der Waals surface area contributed by atoms with E-state index in [1.54, 1.807) is 20.5 Å². The fourth-order valence-electron chi connectivity index (χ4n) is 3.23. The van der Waals surface area contributed by atoms with E-state index in [0.29, 0.717) is 0 Å². The maximum absolute atomic E-state index is 5.36. The van der Waals surface area contributed by atoms with Crippen molar-refractivity contribution in [1.82, 2.24) is 9.97 Å². The number of anilines is 2. The van der Waals surface area contributed by atoms with Crippen molar-refractivity contribution in [2.75, 3.05) is 44.1 Å². The second-order valence-electron chi connectivity index (χ2n) is 6.80. The topological polar surface area (TPSA) is 59.5 Å². The van der Waals surface area contributed by atoms with E-state index in [0.717, 1.165) is 55.1 Å². The lowest BCUT2D eigenvalue weighted by molar-refractivity contribution is 0.354. The summed E-state index contributed by atoms with van der Waals surface area (Å²) in [6, 6.07) is 8.06. The summed E-state index contributed by atoms with van der Waals surface area (Å²) in [4.78, 5) is 11.1. The predicted molar refractivity (Wildman–Crippen MR) is 104 cm³/mol. The number of rotatable bonds is 7. The van der Waals surface area contributed by atoms with Gasteiger partial charge in [0.15, 0.2) is 11.5 Å². The van der Waals surface area contributed by atoms with Crippen molar-refractivity contribution in [2.45, 2.75) is 26.2 Å². The van der Waals surface area contributed by atoms with Crippen LogP contribution in [0.25, 0.3) is 0 Å². The SMILES string of the molecule is COc1ccc(CCNc2cc(N3CCC(C)CC3)ncn2)cc1OC. The lowest BCUT2D eigenvalue weighted by Crippen LogP contribution is -2.33. The summed E-state index contributed by atoms with van der Waals surface area (Å²) >= 11 is 0. The monoisotopic (exact) mass is 356 g/mol. The minimum Gasteiger partial charge on any atom is -0.493 e. The molecule has 0 amide bonds. The molecule has 6 nitrogen and oxygen atoms in total. The Kier molecular flexibility index (Phi) is 6.15. The summed E-state index contributed by atoms with van der Waals surface area (Å²) in [5, 5.41) is 3.40. The molecule has 140 valence electrons. The third-order valence-corrected chi connectivity index (χ3v) is 4.93. The molecular formula is C20H28N4O2. The molecule has 1 aromatic carbocycles. The third kappa shape index (κ3) is 4.56. The number of nitrogens with zero attached hydrogens (tertiary/aromatic N) is 3. The summed E-state index contributed by atoms with van der Waals surface area (Å²) in [7, 11) is 3.30. The number of ether oxygens (including phenoxy) is 2. The number of piperidine rings is 1. The van der Waals surface area contributed by atoms with Crippen LogP contribution < -0.4 is 19.7 Å². The Bertz CT molecular complexity index is 715. The summed E-state index contributed by atoms with van der Waals surface area (Å²) in [6.07, 6.45) is 4.98. The van der Waals surface area contributed by atoms with Crippen molar-refractivity contribution in [3.8, 4) is 11.5 Å². The van der Waals surface area contributed by atoms with Crippen molar-refractivity contribution in [2.24, 2.45) is 5.92 Å². The molecule has 0 bridgehead atoms. The summed E-state index contributed by atoms with van der Waals surface area (Å²) < 4.78 is 10.6. The van der Waals surface area contributed by atoms with Gasteiger partial charge in [0, 0.05) is 25.7 Å². The Morgan fingerprint density at radius 1 is 1.08 bits per heavy atom. The first-order valence-corrected chi connectivity index (χ1v) is 9.21. The predicted octanol–water partition coefficient (Wildman–Crippen LogP) is 3.38. The highest BCUT2D eigenvalue weighted by Gasteiger charge is 2.17. The number of aromatic nitrogens is 2. The Labute approximate surface area is 155 Å². The molecule has 1 aromatic heterocycles. The van der Waals surface area contributed by atoms with E-state index in [4.69, 9.17) is 9.47 Å². The van der Waals surface area contributed by atoms with E-state index in [1.165, 1.54) is 18.4 Å². The summed E-state index contributed by atoms with van der Waals surface area (Å²) in [5.41, 5.74) is 1.19. The number of hydrogen-bond donors (Lipinski definition) is 1. The minimum absolute atomic E-state index is 0.750. The van der Waals surface area contributed by atoms with Crippen molar-refractivity contribution in [1.29, 1.82) is 0 Å². The van der Waals surface area contributed by atoms with Gasteiger partial charge in [-0.3, -0.25) is 0 Å². The molecule has 2 aromatic rings. The molecule has 1 saturated heterocycles. The van der Waals surface area contributed by atoms with Crippen LogP contribution in [-0.2, 0) is 6.42 Å². The number of hydrogen-bond acceptors (Lipinski definition) is 6. The van der Waals surface area contributed by atoms with Gasteiger partial charge in [0.1, 0.15) is 18.0 Å². The average molecular weight is 356 g/mol. The zero-order chi connectivity index (χ0) is 18.4. The average Bonchev–Trinajstić information content (AvgIpc) is 2.68. The molecule has 0 unspecified atom stereocenters. The van der Waals surface area contributed by atoms with Gasteiger partial charge in [-0.15, -0.1) is 0 Å². The fourth-order valence-corrected chi connectivity index (χ4v) is 3.23.